The number of benzene rings is 3. The van der Waals surface area contributed by atoms with E-state index in [2.05, 4.69) is 5.32 Å². The smallest absolute Gasteiger partial charge is 0.496 e. The number of anilines is 1. The highest BCUT2D eigenvalue weighted by atomic mass is 35.5. The maximum atomic E-state index is 13.1. The second-order valence-corrected chi connectivity index (χ2v) is 7.91. The Labute approximate surface area is 179 Å². The summed E-state index contributed by atoms with van der Waals surface area (Å²) in [7, 11) is 1.51. The third kappa shape index (κ3) is 4.83. The SMILES string of the molecule is COc1cc(C(=O)Nc2ccccc2Cl)c(OC(=O)OC(C)(C)C)c2ccccc12. The molecule has 7 heteroatoms. The number of para-hydroxylation sites is 1. The molecule has 3 aromatic carbocycles. The van der Waals surface area contributed by atoms with Gasteiger partial charge in [-0.1, -0.05) is 48.0 Å². The number of ether oxygens (including phenoxy) is 3. The molecular formula is C23H22ClNO5. The van der Waals surface area contributed by atoms with Gasteiger partial charge in [0, 0.05) is 10.8 Å². The predicted octanol–water partition coefficient (Wildman–Crippen LogP) is 6.07. The molecule has 1 N–H and O–H groups in total. The summed E-state index contributed by atoms with van der Waals surface area (Å²) in [5.74, 6) is 0.0300. The van der Waals surface area contributed by atoms with Crippen molar-refractivity contribution in [3.05, 3.63) is 65.2 Å². The molecule has 0 unspecified atom stereocenters. The van der Waals surface area contributed by atoms with Crippen LogP contribution in [0.2, 0.25) is 5.02 Å². The van der Waals surface area contributed by atoms with Crippen molar-refractivity contribution in [2.24, 2.45) is 0 Å². The van der Waals surface area contributed by atoms with Gasteiger partial charge in [-0.05, 0) is 39.0 Å². The molecule has 0 aromatic heterocycles. The van der Waals surface area contributed by atoms with Gasteiger partial charge >= 0.3 is 6.16 Å². The number of carbonyl (C=O) groups is 2. The molecule has 0 saturated carbocycles. The van der Waals surface area contributed by atoms with E-state index in [1.165, 1.54) is 13.2 Å². The van der Waals surface area contributed by atoms with Gasteiger partial charge in [0.15, 0.2) is 5.75 Å². The van der Waals surface area contributed by atoms with Crippen LogP contribution in [0.5, 0.6) is 11.5 Å². The van der Waals surface area contributed by atoms with Crippen LogP contribution in [-0.4, -0.2) is 24.8 Å². The number of rotatable bonds is 4. The topological polar surface area (TPSA) is 73.9 Å². The van der Waals surface area contributed by atoms with Crippen LogP contribution in [0.25, 0.3) is 10.8 Å². The fourth-order valence-corrected chi connectivity index (χ4v) is 3.05. The minimum atomic E-state index is -0.912. The third-order valence-corrected chi connectivity index (χ3v) is 4.45. The highest BCUT2D eigenvalue weighted by molar-refractivity contribution is 6.34. The van der Waals surface area contributed by atoms with Crippen LogP contribution in [0.3, 0.4) is 0 Å². The van der Waals surface area contributed by atoms with E-state index in [9.17, 15) is 9.59 Å². The van der Waals surface area contributed by atoms with Crippen molar-refractivity contribution in [2.75, 3.05) is 12.4 Å². The molecule has 0 radical (unpaired) electrons. The van der Waals surface area contributed by atoms with Gasteiger partial charge in [-0.25, -0.2) is 4.79 Å². The van der Waals surface area contributed by atoms with Gasteiger partial charge < -0.3 is 19.5 Å². The number of methoxy groups -OCH3 is 1. The first-order valence-electron chi connectivity index (χ1n) is 9.26. The molecule has 30 heavy (non-hydrogen) atoms. The van der Waals surface area contributed by atoms with E-state index in [0.717, 1.165) is 0 Å². The quantitative estimate of drug-likeness (QED) is 0.404. The highest BCUT2D eigenvalue weighted by Crippen LogP contribution is 2.38. The Morgan fingerprint density at radius 3 is 2.23 bits per heavy atom. The fourth-order valence-electron chi connectivity index (χ4n) is 2.87. The zero-order chi connectivity index (χ0) is 21.9. The average molecular weight is 428 g/mol. The zero-order valence-corrected chi connectivity index (χ0v) is 17.9. The van der Waals surface area contributed by atoms with Crippen molar-refractivity contribution in [1.29, 1.82) is 0 Å². The lowest BCUT2D eigenvalue weighted by Gasteiger charge is -2.20. The molecular weight excluding hydrogens is 406 g/mol. The number of halogens is 1. The minimum absolute atomic E-state index is 0.0743. The van der Waals surface area contributed by atoms with Gasteiger partial charge in [0.1, 0.15) is 11.4 Å². The Hall–Kier alpha value is -3.25. The normalized spacial score (nSPS) is 11.1. The van der Waals surface area contributed by atoms with Gasteiger partial charge in [-0.15, -0.1) is 0 Å². The van der Waals surface area contributed by atoms with Crippen molar-refractivity contribution in [2.45, 2.75) is 26.4 Å². The highest BCUT2D eigenvalue weighted by Gasteiger charge is 2.25. The first-order chi connectivity index (χ1) is 14.2. The van der Waals surface area contributed by atoms with Crippen molar-refractivity contribution < 1.29 is 23.8 Å². The molecule has 0 atom stereocenters. The van der Waals surface area contributed by atoms with E-state index >= 15 is 0 Å². The fraction of sp³-hybridized carbons (Fsp3) is 0.217. The molecule has 0 aliphatic rings. The monoisotopic (exact) mass is 427 g/mol. The average Bonchev–Trinajstić information content (AvgIpc) is 2.68. The molecule has 0 spiro atoms. The lowest BCUT2D eigenvalue weighted by atomic mass is 10.0. The summed E-state index contributed by atoms with van der Waals surface area (Å²) >= 11 is 6.16. The molecule has 0 saturated heterocycles. The molecule has 1 amide bonds. The van der Waals surface area contributed by atoms with Gasteiger partial charge in [-0.2, -0.15) is 0 Å². The predicted molar refractivity (Wildman–Crippen MR) is 117 cm³/mol. The van der Waals surface area contributed by atoms with Crippen molar-refractivity contribution in [3.63, 3.8) is 0 Å². The molecule has 0 fully saturated rings. The number of amides is 1. The Balaban J connectivity index is 2.10. The Morgan fingerprint density at radius 1 is 0.967 bits per heavy atom. The number of fused-ring (bicyclic) bond motifs is 1. The number of carbonyl (C=O) groups excluding carboxylic acids is 2. The lowest BCUT2D eigenvalue weighted by molar-refractivity contribution is 0.0208. The van der Waals surface area contributed by atoms with Crippen LogP contribution in [0.15, 0.2) is 54.6 Å². The van der Waals surface area contributed by atoms with E-state index in [4.69, 9.17) is 25.8 Å². The Morgan fingerprint density at radius 2 is 1.60 bits per heavy atom. The Bertz CT molecular complexity index is 1100. The van der Waals surface area contributed by atoms with Crippen LogP contribution < -0.4 is 14.8 Å². The summed E-state index contributed by atoms with van der Waals surface area (Å²) in [4.78, 5) is 25.5. The first kappa shape index (κ1) is 21.5. The third-order valence-electron chi connectivity index (χ3n) is 4.12. The maximum absolute atomic E-state index is 13.1. The van der Waals surface area contributed by atoms with E-state index < -0.39 is 17.7 Å². The van der Waals surface area contributed by atoms with Gasteiger partial charge in [0.05, 0.1) is 23.4 Å². The summed E-state index contributed by atoms with van der Waals surface area (Å²) in [6.07, 6.45) is -0.912. The summed E-state index contributed by atoms with van der Waals surface area (Å²) in [6.45, 7) is 5.18. The van der Waals surface area contributed by atoms with E-state index in [0.29, 0.717) is 27.2 Å². The standard InChI is InChI=1S/C23H22ClNO5/c1-23(2,3)30-22(27)29-20-15-10-6-5-9-14(15)19(28-4)13-16(20)21(26)25-18-12-8-7-11-17(18)24/h5-13H,1-4H3,(H,25,26). The van der Waals surface area contributed by atoms with E-state index in [1.807, 2.05) is 12.1 Å². The molecule has 0 aliphatic heterocycles. The minimum Gasteiger partial charge on any atom is -0.496 e. The van der Waals surface area contributed by atoms with Crippen LogP contribution in [-0.2, 0) is 4.74 Å². The Kier molecular flexibility index (Phi) is 6.17. The summed E-state index contributed by atoms with van der Waals surface area (Å²) in [6, 6.07) is 15.5. The lowest BCUT2D eigenvalue weighted by Crippen LogP contribution is -2.26. The van der Waals surface area contributed by atoms with Crippen LogP contribution in [0.4, 0.5) is 10.5 Å². The molecule has 3 rings (SSSR count). The second-order valence-electron chi connectivity index (χ2n) is 7.50. The molecule has 156 valence electrons. The van der Waals surface area contributed by atoms with Crippen LogP contribution in [0, 0.1) is 0 Å². The van der Waals surface area contributed by atoms with Gasteiger partial charge in [0.25, 0.3) is 5.91 Å². The molecule has 6 nitrogen and oxygen atoms in total. The van der Waals surface area contributed by atoms with E-state index in [-0.39, 0.29) is 11.3 Å². The largest absolute Gasteiger partial charge is 0.514 e. The molecule has 0 bridgehead atoms. The summed E-state index contributed by atoms with van der Waals surface area (Å²) in [5.41, 5.74) is -0.213. The summed E-state index contributed by atoms with van der Waals surface area (Å²) < 4.78 is 16.2. The van der Waals surface area contributed by atoms with Gasteiger partial charge in [0.2, 0.25) is 0 Å². The maximum Gasteiger partial charge on any atom is 0.514 e. The zero-order valence-electron chi connectivity index (χ0n) is 17.1. The number of hydrogen-bond donors (Lipinski definition) is 1. The van der Waals surface area contributed by atoms with Crippen molar-refractivity contribution >= 4 is 40.1 Å². The molecule has 3 aromatic rings. The first-order valence-corrected chi connectivity index (χ1v) is 9.64. The summed E-state index contributed by atoms with van der Waals surface area (Å²) in [5, 5.41) is 4.35. The van der Waals surface area contributed by atoms with Crippen LogP contribution in [0.1, 0.15) is 31.1 Å². The number of nitrogens with one attached hydrogen (secondary N) is 1. The number of hydrogen-bond acceptors (Lipinski definition) is 5. The second kappa shape index (κ2) is 8.63. The van der Waals surface area contributed by atoms with E-state index in [1.54, 1.807) is 57.2 Å². The van der Waals surface area contributed by atoms with Crippen LogP contribution >= 0.6 is 11.6 Å². The molecule has 0 heterocycles. The molecule has 0 aliphatic carbocycles. The van der Waals surface area contributed by atoms with Gasteiger partial charge in [-0.3, -0.25) is 4.79 Å². The van der Waals surface area contributed by atoms with Crippen molar-refractivity contribution in [1.82, 2.24) is 0 Å². The van der Waals surface area contributed by atoms with Crippen molar-refractivity contribution in [3.8, 4) is 11.5 Å².